The van der Waals surface area contributed by atoms with E-state index in [9.17, 15) is 14.4 Å². The number of ether oxygens (including phenoxy) is 1. The second-order valence-corrected chi connectivity index (χ2v) is 8.01. The minimum Gasteiger partial charge on any atom is -0.456 e. The number of nitrogens with one attached hydrogen (secondary N) is 1. The van der Waals surface area contributed by atoms with Crippen molar-refractivity contribution in [2.75, 3.05) is 6.61 Å². The van der Waals surface area contributed by atoms with Crippen molar-refractivity contribution >= 4 is 22.8 Å². The average Bonchev–Trinajstić information content (AvgIpc) is 2.71. The molecule has 7 nitrogen and oxygen atoms in total. The third-order valence-corrected chi connectivity index (χ3v) is 6.08. The van der Waals surface area contributed by atoms with Crippen molar-refractivity contribution in [3.63, 3.8) is 0 Å². The van der Waals surface area contributed by atoms with Gasteiger partial charge in [0.2, 0.25) is 0 Å². The summed E-state index contributed by atoms with van der Waals surface area (Å²) in [5.41, 5.74) is 0.461. The lowest BCUT2D eigenvalue weighted by molar-refractivity contribution is -0.148. The predicted octanol–water partition coefficient (Wildman–Crippen LogP) is 2.35. The third kappa shape index (κ3) is 5.02. The fourth-order valence-electron chi connectivity index (χ4n) is 4.03. The molecule has 1 heterocycles. The molecule has 3 rings (SSSR count). The van der Waals surface area contributed by atoms with Gasteiger partial charge < -0.3 is 14.6 Å². The van der Waals surface area contributed by atoms with E-state index in [1.807, 2.05) is 23.7 Å². The van der Waals surface area contributed by atoms with Crippen LogP contribution in [0.3, 0.4) is 0 Å². The van der Waals surface area contributed by atoms with Crippen LogP contribution in [0.2, 0.25) is 0 Å². The molecule has 0 unspecified atom stereocenters. The zero-order valence-electron chi connectivity index (χ0n) is 17.3. The standard InChI is InChI=1S/C22H29N3O4/c1-14-7-6-9-17(15(14)2)23-20(26)13-29-21(27)12-11-19-24-22(28)16-8-4-5-10-18(16)25(19)3/h4-5,8,10,14-15,17H,6-7,9,11-13H2,1-3H3,(H,23,26)/t14-,15-,17+/m1/s1. The van der Waals surface area contributed by atoms with Crippen molar-refractivity contribution in [1.82, 2.24) is 14.9 Å². The normalized spacial score (nSPS) is 21.7. The van der Waals surface area contributed by atoms with Gasteiger partial charge in [-0.15, -0.1) is 0 Å². The Labute approximate surface area is 170 Å². The first-order valence-corrected chi connectivity index (χ1v) is 10.3. The maximum Gasteiger partial charge on any atom is 0.306 e. The highest BCUT2D eigenvalue weighted by atomic mass is 16.5. The van der Waals surface area contributed by atoms with E-state index in [2.05, 4.69) is 24.1 Å². The summed E-state index contributed by atoms with van der Waals surface area (Å²) in [6.45, 7) is 4.08. The summed E-state index contributed by atoms with van der Waals surface area (Å²) in [6.07, 6.45) is 3.59. The first kappa shape index (κ1) is 21.0. The molecule has 2 aromatic rings. The van der Waals surface area contributed by atoms with E-state index in [0.29, 0.717) is 23.0 Å². The molecule has 1 saturated carbocycles. The summed E-state index contributed by atoms with van der Waals surface area (Å²) in [7, 11) is 1.81. The second kappa shape index (κ2) is 9.20. The number of hydrogen-bond acceptors (Lipinski definition) is 5. The SMILES string of the molecule is C[C@@H]1[C@H](C)CCC[C@@H]1NC(=O)COC(=O)CCc1nc(=O)c2ccccc2n1C. The smallest absolute Gasteiger partial charge is 0.306 e. The Balaban J connectivity index is 1.50. The first-order chi connectivity index (χ1) is 13.9. The lowest BCUT2D eigenvalue weighted by Gasteiger charge is -2.34. The van der Waals surface area contributed by atoms with E-state index in [0.717, 1.165) is 18.4 Å². The molecule has 0 aliphatic heterocycles. The number of carbonyl (C=O) groups is 2. The van der Waals surface area contributed by atoms with Gasteiger partial charge in [0.05, 0.1) is 17.3 Å². The van der Waals surface area contributed by atoms with Crippen LogP contribution in [-0.4, -0.2) is 34.1 Å². The van der Waals surface area contributed by atoms with Crippen LogP contribution in [0.15, 0.2) is 29.1 Å². The Morgan fingerprint density at radius 3 is 2.79 bits per heavy atom. The van der Waals surface area contributed by atoms with Gasteiger partial charge in [-0.25, -0.2) is 0 Å². The van der Waals surface area contributed by atoms with E-state index in [-0.39, 0.29) is 37.0 Å². The summed E-state index contributed by atoms with van der Waals surface area (Å²) < 4.78 is 6.93. The highest BCUT2D eigenvalue weighted by Crippen LogP contribution is 2.29. The molecule has 156 valence electrons. The summed E-state index contributed by atoms with van der Waals surface area (Å²) in [4.78, 5) is 40.5. The Bertz CT molecular complexity index is 953. The van der Waals surface area contributed by atoms with Gasteiger partial charge in [-0.05, 0) is 30.4 Å². The van der Waals surface area contributed by atoms with E-state index < -0.39 is 5.97 Å². The number of rotatable bonds is 6. The number of fused-ring (bicyclic) bond motifs is 1. The maximum atomic E-state index is 12.2. The third-order valence-electron chi connectivity index (χ3n) is 6.08. The van der Waals surface area contributed by atoms with Crippen LogP contribution in [0, 0.1) is 11.8 Å². The Kier molecular flexibility index (Phi) is 6.67. The van der Waals surface area contributed by atoms with Crippen LogP contribution in [0.4, 0.5) is 0 Å². The molecule has 0 spiro atoms. The summed E-state index contributed by atoms with van der Waals surface area (Å²) >= 11 is 0. The van der Waals surface area contributed by atoms with Crippen molar-refractivity contribution in [3.05, 3.63) is 40.4 Å². The van der Waals surface area contributed by atoms with E-state index in [1.54, 1.807) is 12.1 Å². The largest absolute Gasteiger partial charge is 0.456 e. The average molecular weight is 399 g/mol. The molecule has 1 amide bonds. The van der Waals surface area contributed by atoms with Crippen LogP contribution in [0.25, 0.3) is 10.9 Å². The van der Waals surface area contributed by atoms with Gasteiger partial charge in [0.25, 0.3) is 11.5 Å². The molecule has 0 bridgehead atoms. The lowest BCUT2D eigenvalue weighted by atomic mass is 9.78. The quantitative estimate of drug-likeness (QED) is 0.753. The number of para-hydroxylation sites is 1. The molecule has 1 aromatic heterocycles. The second-order valence-electron chi connectivity index (χ2n) is 8.01. The molecule has 0 radical (unpaired) electrons. The van der Waals surface area contributed by atoms with Gasteiger partial charge in [-0.1, -0.05) is 38.8 Å². The fourth-order valence-corrected chi connectivity index (χ4v) is 4.03. The molecule has 29 heavy (non-hydrogen) atoms. The molecule has 1 aromatic carbocycles. The molecular weight excluding hydrogens is 370 g/mol. The van der Waals surface area contributed by atoms with Crippen molar-refractivity contribution in [2.45, 2.75) is 52.0 Å². The highest BCUT2D eigenvalue weighted by molar-refractivity contribution is 5.81. The van der Waals surface area contributed by atoms with Crippen LogP contribution >= 0.6 is 0 Å². The van der Waals surface area contributed by atoms with Crippen LogP contribution in [0.1, 0.15) is 45.4 Å². The number of carbonyl (C=O) groups excluding carboxylic acids is 2. The van der Waals surface area contributed by atoms with Crippen LogP contribution in [-0.2, 0) is 27.8 Å². The zero-order valence-corrected chi connectivity index (χ0v) is 17.3. The number of benzene rings is 1. The van der Waals surface area contributed by atoms with Gasteiger partial charge in [0.1, 0.15) is 5.82 Å². The van der Waals surface area contributed by atoms with Crippen molar-refractivity contribution < 1.29 is 14.3 Å². The molecule has 1 aliphatic carbocycles. The number of esters is 1. The van der Waals surface area contributed by atoms with Gasteiger partial charge in [-0.2, -0.15) is 4.98 Å². The Morgan fingerprint density at radius 1 is 1.24 bits per heavy atom. The molecule has 0 saturated heterocycles. The monoisotopic (exact) mass is 399 g/mol. The van der Waals surface area contributed by atoms with Crippen molar-refractivity contribution in [2.24, 2.45) is 18.9 Å². The number of nitrogens with zero attached hydrogens (tertiary/aromatic N) is 2. The molecular formula is C22H29N3O4. The van der Waals surface area contributed by atoms with Gasteiger partial charge in [0.15, 0.2) is 6.61 Å². The Hall–Kier alpha value is -2.70. The molecule has 1 fully saturated rings. The summed E-state index contributed by atoms with van der Waals surface area (Å²) in [6, 6.07) is 7.36. The Morgan fingerprint density at radius 2 is 2.00 bits per heavy atom. The van der Waals surface area contributed by atoms with Crippen LogP contribution < -0.4 is 10.9 Å². The minimum absolute atomic E-state index is 0.0583. The van der Waals surface area contributed by atoms with Gasteiger partial charge in [-0.3, -0.25) is 14.4 Å². The topological polar surface area (TPSA) is 90.3 Å². The predicted molar refractivity (Wildman–Crippen MR) is 110 cm³/mol. The number of hydrogen-bond donors (Lipinski definition) is 1. The van der Waals surface area contributed by atoms with E-state index in [4.69, 9.17) is 4.74 Å². The van der Waals surface area contributed by atoms with E-state index >= 15 is 0 Å². The van der Waals surface area contributed by atoms with E-state index in [1.165, 1.54) is 6.42 Å². The minimum atomic E-state index is -0.479. The van der Waals surface area contributed by atoms with Crippen molar-refractivity contribution in [3.8, 4) is 0 Å². The summed E-state index contributed by atoms with van der Waals surface area (Å²) in [5, 5.41) is 3.54. The fraction of sp³-hybridized carbons (Fsp3) is 0.545. The molecule has 1 aliphatic rings. The van der Waals surface area contributed by atoms with Gasteiger partial charge in [0, 0.05) is 19.5 Å². The number of aromatic nitrogens is 2. The highest BCUT2D eigenvalue weighted by Gasteiger charge is 2.28. The molecule has 3 atom stereocenters. The summed E-state index contributed by atoms with van der Waals surface area (Å²) in [5.74, 6) is 0.773. The molecule has 1 N–H and O–H groups in total. The van der Waals surface area contributed by atoms with Gasteiger partial charge >= 0.3 is 5.97 Å². The van der Waals surface area contributed by atoms with Crippen LogP contribution in [0.5, 0.6) is 0 Å². The zero-order chi connectivity index (χ0) is 21.0. The van der Waals surface area contributed by atoms with Crippen molar-refractivity contribution in [1.29, 1.82) is 0 Å². The maximum absolute atomic E-state index is 12.2. The molecule has 7 heteroatoms. The number of aryl methyl sites for hydroxylation is 2. The lowest BCUT2D eigenvalue weighted by Crippen LogP contribution is -2.45. The number of amides is 1. The first-order valence-electron chi connectivity index (χ1n) is 10.3.